The Kier molecular flexibility index (Phi) is 3.76. The largest absolute Gasteiger partial charge is 0.479 e. The van der Waals surface area contributed by atoms with E-state index in [0.29, 0.717) is 11.1 Å². The van der Waals surface area contributed by atoms with E-state index in [9.17, 15) is 9.59 Å². The highest BCUT2D eigenvalue weighted by Gasteiger charge is 2.18. The predicted molar refractivity (Wildman–Crippen MR) is 66.9 cm³/mol. The van der Waals surface area contributed by atoms with E-state index >= 15 is 0 Å². The van der Waals surface area contributed by atoms with Gasteiger partial charge >= 0.3 is 5.97 Å². The number of methoxy groups -OCH3 is 1. The molecule has 100 valence electrons. The summed E-state index contributed by atoms with van der Waals surface area (Å²) in [5.41, 5.74) is 1.03. The van der Waals surface area contributed by atoms with E-state index in [-0.39, 0.29) is 12.5 Å². The number of hydrogen-bond donors (Lipinski definition) is 3. The topological polar surface area (TPSA) is 104 Å². The van der Waals surface area contributed by atoms with E-state index in [4.69, 9.17) is 9.84 Å². The molecule has 0 aliphatic heterocycles. The smallest absolute Gasteiger partial charge is 0.334 e. The Labute approximate surface area is 108 Å². The van der Waals surface area contributed by atoms with E-state index in [1.54, 1.807) is 18.3 Å². The normalized spacial score (nSPS) is 12.3. The second-order valence-corrected chi connectivity index (χ2v) is 3.91. The molecule has 2 aromatic rings. The number of nitrogens with zero attached hydrogens (tertiary/aromatic N) is 1. The van der Waals surface area contributed by atoms with Crippen LogP contribution < -0.4 is 5.32 Å². The van der Waals surface area contributed by atoms with Crippen molar-refractivity contribution in [2.24, 2.45) is 0 Å². The number of hydrogen-bond acceptors (Lipinski definition) is 4. The summed E-state index contributed by atoms with van der Waals surface area (Å²) in [6.07, 6.45) is 0.548. The highest BCUT2D eigenvalue weighted by molar-refractivity contribution is 6.05. The number of carbonyl (C=O) groups is 2. The van der Waals surface area contributed by atoms with E-state index < -0.39 is 12.1 Å². The number of fused-ring (bicyclic) bond motifs is 1. The van der Waals surface area contributed by atoms with Gasteiger partial charge in [-0.05, 0) is 6.07 Å². The third-order valence-corrected chi connectivity index (χ3v) is 2.73. The van der Waals surface area contributed by atoms with Crippen LogP contribution in [-0.2, 0) is 9.53 Å². The zero-order valence-electron chi connectivity index (χ0n) is 10.2. The summed E-state index contributed by atoms with van der Waals surface area (Å²) in [6.45, 7) is -0.102. The third kappa shape index (κ3) is 2.71. The fraction of sp³-hybridized carbons (Fsp3) is 0.250. The monoisotopic (exact) mass is 263 g/mol. The summed E-state index contributed by atoms with van der Waals surface area (Å²) in [5, 5.41) is 18.7. The number of carbonyl (C=O) groups excluding carboxylic acids is 1. The molecule has 0 saturated heterocycles. The molecular weight excluding hydrogens is 250 g/mol. The van der Waals surface area contributed by atoms with Crippen molar-refractivity contribution in [3.63, 3.8) is 0 Å². The van der Waals surface area contributed by atoms with Crippen LogP contribution in [-0.4, -0.2) is 46.9 Å². The summed E-state index contributed by atoms with van der Waals surface area (Å²) in [6, 6.07) is 5.20. The standard InChI is InChI=1S/C12H13N3O4/c1-19-9(12(17)18)6-13-11(16)8-4-2-3-7-5-14-15-10(7)8/h2-5,9H,6H2,1H3,(H,13,16)(H,14,15)(H,17,18). The molecule has 1 heterocycles. The molecule has 1 atom stereocenters. The number of rotatable bonds is 5. The Morgan fingerprint density at radius 3 is 3.00 bits per heavy atom. The van der Waals surface area contributed by atoms with E-state index in [2.05, 4.69) is 15.5 Å². The number of para-hydroxylation sites is 1. The van der Waals surface area contributed by atoms with E-state index in [1.165, 1.54) is 7.11 Å². The molecule has 1 amide bonds. The van der Waals surface area contributed by atoms with Gasteiger partial charge in [-0.3, -0.25) is 9.89 Å². The lowest BCUT2D eigenvalue weighted by Crippen LogP contribution is -2.37. The molecule has 0 radical (unpaired) electrons. The van der Waals surface area contributed by atoms with Gasteiger partial charge in [0.2, 0.25) is 0 Å². The SMILES string of the molecule is COC(CNC(=O)c1cccc2cn[nH]c12)C(=O)O. The highest BCUT2D eigenvalue weighted by atomic mass is 16.5. The van der Waals surface area contributed by atoms with E-state index in [1.807, 2.05) is 6.07 Å². The molecule has 0 aliphatic rings. The van der Waals surface area contributed by atoms with Crippen LogP contribution >= 0.6 is 0 Å². The Hall–Kier alpha value is -2.41. The number of benzene rings is 1. The number of amides is 1. The molecule has 2 rings (SSSR count). The molecular formula is C12H13N3O4. The first kappa shape index (κ1) is 13.0. The molecule has 1 unspecified atom stereocenters. The van der Waals surface area contributed by atoms with Crippen molar-refractivity contribution in [2.45, 2.75) is 6.10 Å². The van der Waals surface area contributed by atoms with Crippen molar-refractivity contribution in [1.82, 2.24) is 15.5 Å². The Morgan fingerprint density at radius 1 is 1.53 bits per heavy atom. The zero-order chi connectivity index (χ0) is 13.8. The summed E-state index contributed by atoms with van der Waals surface area (Å²) in [7, 11) is 1.28. The van der Waals surface area contributed by atoms with E-state index in [0.717, 1.165) is 5.39 Å². The number of carboxylic acids is 1. The molecule has 1 aromatic carbocycles. The maximum Gasteiger partial charge on any atom is 0.334 e. The molecule has 1 aromatic heterocycles. The van der Waals surface area contributed by atoms with Crippen molar-refractivity contribution in [3.05, 3.63) is 30.0 Å². The van der Waals surface area contributed by atoms with Crippen molar-refractivity contribution in [3.8, 4) is 0 Å². The van der Waals surface area contributed by atoms with Gasteiger partial charge in [-0.1, -0.05) is 12.1 Å². The third-order valence-electron chi connectivity index (χ3n) is 2.73. The first-order chi connectivity index (χ1) is 9.13. The number of aromatic amines is 1. The van der Waals surface area contributed by atoms with Crippen LogP contribution in [0.25, 0.3) is 10.9 Å². The molecule has 0 fully saturated rings. The van der Waals surface area contributed by atoms with Crippen LogP contribution in [0.4, 0.5) is 0 Å². The van der Waals surface area contributed by atoms with Gasteiger partial charge in [0.1, 0.15) is 0 Å². The minimum Gasteiger partial charge on any atom is -0.479 e. The minimum atomic E-state index is -1.12. The van der Waals surface area contributed by atoms with Crippen molar-refractivity contribution in [2.75, 3.05) is 13.7 Å². The fourth-order valence-electron chi connectivity index (χ4n) is 1.71. The Bertz CT molecular complexity index is 608. The van der Waals surface area contributed by atoms with Gasteiger partial charge in [-0.2, -0.15) is 5.10 Å². The molecule has 3 N–H and O–H groups in total. The number of aromatic nitrogens is 2. The van der Waals surface area contributed by atoms with Gasteiger partial charge in [0, 0.05) is 12.5 Å². The molecule has 0 bridgehead atoms. The second kappa shape index (κ2) is 5.49. The van der Waals surface area contributed by atoms with Crippen molar-refractivity contribution < 1.29 is 19.4 Å². The first-order valence-corrected chi connectivity index (χ1v) is 5.59. The minimum absolute atomic E-state index is 0.102. The lowest BCUT2D eigenvalue weighted by molar-refractivity contribution is -0.148. The molecule has 0 spiro atoms. The number of aliphatic carboxylic acids is 1. The average molecular weight is 263 g/mol. The summed E-state index contributed by atoms with van der Waals surface area (Å²) >= 11 is 0. The van der Waals surface area contributed by atoms with Gasteiger partial charge in [-0.15, -0.1) is 0 Å². The van der Waals surface area contributed by atoms with Crippen molar-refractivity contribution in [1.29, 1.82) is 0 Å². The maximum absolute atomic E-state index is 12.0. The van der Waals surface area contributed by atoms with Gasteiger partial charge in [0.05, 0.1) is 23.8 Å². The first-order valence-electron chi connectivity index (χ1n) is 5.59. The molecule has 7 heteroatoms. The molecule has 0 saturated carbocycles. The van der Waals surface area contributed by atoms with Crippen LogP contribution in [0.15, 0.2) is 24.4 Å². The highest BCUT2D eigenvalue weighted by Crippen LogP contribution is 2.15. The summed E-state index contributed by atoms with van der Waals surface area (Å²) < 4.78 is 4.74. The van der Waals surface area contributed by atoms with Crippen LogP contribution in [0, 0.1) is 0 Å². The number of nitrogens with one attached hydrogen (secondary N) is 2. The zero-order valence-corrected chi connectivity index (χ0v) is 10.2. The van der Waals surface area contributed by atoms with Gasteiger partial charge in [0.15, 0.2) is 6.10 Å². The van der Waals surface area contributed by atoms with Gasteiger partial charge in [-0.25, -0.2) is 4.79 Å². The molecule has 0 aliphatic carbocycles. The van der Waals surface area contributed by atoms with Crippen LogP contribution in [0.2, 0.25) is 0 Å². The second-order valence-electron chi connectivity index (χ2n) is 3.91. The summed E-state index contributed by atoms with van der Waals surface area (Å²) in [4.78, 5) is 22.8. The van der Waals surface area contributed by atoms with Gasteiger partial charge < -0.3 is 15.2 Å². The summed E-state index contributed by atoms with van der Waals surface area (Å²) in [5.74, 6) is -1.50. The lowest BCUT2D eigenvalue weighted by Gasteiger charge is -2.11. The lowest BCUT2D eigenvalue weighted by atomic mass is 10.1. The predicted octanol–water partition coefficient (Wildman–Crippen LogP) is 0.392. The van der Waals surface area contributed by atoms with Crippen LogP contribution in [0.3, 0.4) is 0 Å². The Balaban J connectivity index is 2.12. The maximum atomic E-state index is 12.0. The van der Waals surface area contributed by atoms with Gasteiger partial charge in [0.25, 0.3) is 5.91 Å². The number of carboxylic acid groups (broad SMARTS) is 1. The molecule has 7 nitrogen and oxygen atoms in total. The molecule has 19 heavy (non-hydrogen) atoms. The van der Waals surface area contributed by atoms with Crippen molar-refractivity contribution >= 4 is 22.8 Å². The van der Waals surface area contributed by atoms with Crippen LogP contribution in [0.1, 0.15) is 10.4 Å². The Morgan fingerprint density at radius 2 is 2.32 bits per heavy atom. The fourth-order valence-corrected chi connectivity index (χ4v) is 1.71. The van der Waals surface area contributed by atoms with Crippen LogP contribution in [0.5, 0.6) is 0 Å². The quantitative estimate of drug-likeness (QED) is 0.724. The number of ether oxygens (including phenoxy) is 1. The average Bonchev–Trinajstić information content (AvgIpc) is 2.86. The number of H-pyrrole nitrogens is 1.